The largest absolute Gasteiger partial charge is 0.333 e. The van der Waals surface area contributed by atoms with Crippen molar-refractivity contribution in [3.63, 3.8) is 0 Å². The lowest BCUT2D eigenvalue weighted by Gasteiger charge is -2.34. The molecule has 1 aromatic heterocycles. The molecular formula is C18H19FN4O2. The van der Waals surface area contributed by atoms with Crippen LogP contribution in [0.25, 0.3) is 0 Å². The molecule has 2 heterocycles. The Balaban J connectivity index is 1.55. The Morgan fingerprint density at radius 1 is 1.24 bits per heavy atom. The SMILES string of the molecule is CC1(c2noc(C3=NN(Cc4ccc(F)cc4)C(=O)CC3)n2)CCC1. The van der Waals surface area contributed by atoms with Crippen LogP contribution in [0.15, 0.2) is 33.9 Å². The van der Waals surface area contributed by atoms with Crippen LogP contribution in [0.5, 0.6) is 0 Å². The highest BCUT2D eigenvalue weighted by molar-refractivity contribution is 6.00. The summed E-state index contributed by atoms with van der Waals surface area (Å²) in [6.45, 7) is 2.43. The van der Waals surface area contributed by atoms with E-state index in [0.717, 1.165) is 24.2 Å². The highest BCUT2D eigenvalue weighted by Crippen LogP contribution is 2.41. The highest BCUT2D eigenvalue weighted by Gasteiger charge is 2.38. The zero-order valence-electron chi connectivity index (χ0n) is 14.0. The molecule has 4 rings (SSSR count). The molecule has 2 aliphatic rings. The number of nitrogens with zero attached hydrogens (tertiary/aromatic N) is 4. The second kappa shape index (κ2) is 6.06. The maximum absolute atomic E-state index is 13.0. The van der Waals surface area contributed by atoms with Gasteiger partial charge in [0, 0.05) is 18.3 Å². The predicted octanol–water partition coefficient (Wildman–Crippen LogP) is 3.18. The summed E-state index contributed by atoms with van der Waals surface area (Å²) in [5, 5.41) is 9.90. The number of hydrazone groups is 1. The van der Waals surface area contributed by atoms with Crippen LogP contribution < -0.4 is 0 Å². The van der Waals surface area contributed by atoms with Crippen molar-refractivity contribution in [3.05, 3.63) is 47.4 Å². The molecule has 1 aliphatic heterocycles. The zero-order valence-corrected chi connectivity index (χ0v) is 14.0. The highest BCUT2D eigenvalue weighted by atomic mass is 19.1. The minimum absolute atomic E-state index is 0.000590. The van der Waals surface area contributed by atoms with E-state index in [1.807, 2.05) is 0 Å². The van der Waals surface area contributed by atoms with Gasteiger partial charge in [-0.05, 0) is 30.5 Å². The topological polar surface area (TPSA) is 71.6 Å². The van der Waals surface area contributed by atoms with Gasteiger partial charge in [-0.2, -0.15) is 10.1 Å². The van der Waals surface area contributed by atoms with Gasteiger partial charge >= 0.3 is 0 Å². The van der Waals surface area contributed by atoms with E-state index in [4.69, 9.17) is 4.52 Å². The summed E-state index contributed by atoms with van der Waals surface area (Å²) in [4.78, 5) is 16.7. The smallest absolute Gasteiger partial charge is 0.274 e. The van der Waals surface area contributed by atoms with Gasteiger partial charge in [0.1, 0.15) is 11.5 Å². The van der Waals surface area contributed by atoms with E-state index >= 15 is 0 Å². The van der Waals surface area contributed by atoms with Crippen molar-refractivity contribution in [1.29, 1.82) is 0 Å². The van der Waals surface area contributed by atoms with Gasteiger partial charge in [0.05, 0.1) is 6.54 Å². The van der Waals surface area contributed by atoms with E-state index in [1.165, 1.54) is 23.6 Å². The van der Waals surface area contributed by atoms with Crippen LogP contribution >= 0.6 is 0 Å². The molecule has 130 valence electrons. The quantitative estimate of drug-likeness (QED) is 0.855. The average molecular weight is 342 g/mol. The molecule has 6 nitrogen and oxygen atoms in total. The predicted molar refractivity (Wildman–Crippen MR) is 88.2 cm³/mol. The summed E-state index contributed by atoms with van der Waals surface area (Å²) < 4.78 is 18.4. The van der Waals surface area contributed by atoms with Gasteiger partial charge in [0.15, 0.2) is 5.82 Å². The molecule has 1 aromatic carbocycles. The van der Waals surface area contributed by atoms with Crippen LogP contribution in [0, 0.1) is 5.82 Å². The van der Waals surface area contributed by atoms with Crippen LogP contribution in [0.4, 0.5) is 4.39 Å². The van der Waals surface area contributed by atoms with Gasteiger partial charge in [-0.1, -0.05) is 30.6 Å². The minimum atomic E-state index is -0.305. The normalized spacial score (nSPS) is 19.5. The fraction of sp³-hybridized carbons (Fsp3) is 0.444. The Hall–Kier alpha value is -2.57. The van der Waals surface area contributed by atoms with E-state index in [-0.39, 0.29) is 17.1 Å². The van der Waals surface area contributed by atoms with Gasteiger partial charge in [0.25, 0.3) is 5.89 Å². The molecule has 0 bridgehead atoms. The van der Waals surface area contributed by atoms with Crippen molar-refractivity contribution < 1.29 is 13.7 Å². The fourth-order valence-electron chi connectivity index (χ4n) is 3.16. The second-order valence-corrected chi connectivity index (χ2v) is 6.96. The number of carbonyl (C=O) groups is 1. The molecule has 1 fully saturated rings. The first-order chi connectivity index (χ1) is 12.0. The lowest BCUT2D eigenvalue weighted by atomic mass is 9.70. The molecule has 25 heavy (non-hydrogen) atoms. The van der Waals surface area contributed by atoms with E-state index in [0.29, 0.717) is 31.0 Å². The molecule has 0 radical (unpaired) electrons. The van der Waals surface area contributed by atoms with Gasteiger partial charge in [-0.3, -0.25) is 4.79 Å². The van der Waals surface area contributed by atoms with Gasteiger partial charge in [-0.25, -0.2) is 9.40 Å². The summed E-state index contributed by atoms with van der Waals surface area (Å²) in [7, 11) is 0. The Morgan fingerprint density at radius 2 is 2.00 bits per heavy atom. The Kier molecular flexibility index (Phi) is 3.86. The average Bonchev–Trinajstić information content (AvgIpc) is 3.07. The zero-order chi connectivity index (χ0) is 17.4. The number of halogens is 1. The van der Waals surface area contributed by atoms with Crippen molar-refractivity contribution >= 4 is 11.6 Å². The van der Waals surface area contributed by atoms with Gasteiger partial charge in [0.2, 0.25) is 5.91 Å². The molecule has 1 aliphatic carbocycles. The summed E-state index contributed by atoms with van der Waals surface area (Å²) in [5.74, 6) is 0.734. The molecule has 0 unspecified atom stereocenters. The van der Waals surface area contributed by atoms with Crippen molar-refractivity contribution in [1.82, 2.24) is 15.1 Å². The first kappa shape index (κ1) is 15.9. The third-order valence-corrected chi connectivity index (χ3v) is 5.02. The van der Waals surface area contributed by atoms with Crippen LogP contribution in [0.2, 0.25) is 0 Å². The summed E-state index contributed by atoms with van der Waals surface area (Å²) in [6, 6.07) is 6.04. The Labute approximate surface area is 144 Å². The fourth-order valence-corrected chi connectivity index (χ4v) is 3.16. The van der Waals surface area contributed by atoms with E-state index < -0.39 is 0 Å². The van der Waals surface area contributed by atoms with Gasteiger partial charge in [-0.15, -0.1) is 0 Å². The lowest BCUT2D eigenvalue weighted by Crippen LogP contribution is -2.32. The second-order valence-electron chi connectivity index (χ2n) is 6.96. The number of amides is 1. The number of rotatable bonds is 4. The monoisotopic (exact) mass is 342 g/mol. The molecule has 1 amide bonds. The van der Waals surface area contributed by atoms with Crippen LogP contribution in [0.1, 0.15) is 56.3 Å². The number of hydrogen-bond donors (Lipinski definition) is 0. The molecule has 7 heteroatoms. The number of benzene rings is 1. The van der Waals surface area contributed by atoms with E-state index in [1.54, 1.807) is 12.1 Å². The van der Waals surface area contributed by atoms with Gasteiger partial charge < -0.3 is 4.52 Å². The molecule has 0 saturated heterocycles. The molecular weight excluding hydrogens is 323 g/mol. The molecule has 1 saturated carbocycles. The number of carbonyl (C=O) groups excluding carboxylic acids is 1. The standard InChI is InChI=1S/C18H19FN4O2/c1-18(9-2-10-18)17-20-16(25-22-17)14-7-8-15(24)23(21-14)11-12-3-5-13(19)6-4-12/h3-6H,2,7-11H2,1H3. The third kappa shape index (κ3) is 3.06. The number of aromatic nitrogens is 2. The summed E-state index contributed by atoms with van der Waals surface area (Å²) >= 11 is 0. The first-order valence-electron chi connectivity index (χ1n) is 8.50. The summed E-state index contributed by atoms with van der Waals surface area (Å²) in [5.41, 5.74) is 1.44. The first-order valence-corrected chi connectivity index (χ1v) is 8.50. The van der Waals surface area contributed by atoms with Crippen molar-refractivity contribution in [2.75, 3.05) is 0 Å². The van der Waals surface area contributed by atoms with E-state index in [2.05, 4.69) is 22.2 Å². The molecule has 2 aromatic rings. The van der Waals surface area contributed by atoms with Crippen molar-refractivity contribution in [2.24, 2.45) is 5.10 Å². The maximum atomic E-state index is 13.0. The molecule has 0 atom stereocenters. The molecule has 0 N–H and O–H groups in total. The Bertz CT molecular complexity index is 824. The van der Waals surface area contributed by atoms with E-state index in [9.17, 15) is 9.18 Å². The van der Waals surface area contributed by atoms with Crippen LogP contribution in [-0.4, -0.2) is 26.8 Å². The third-order valence-electron chi connectivity index (χ3n) is 5.02. The Morgan fingerprint density at radius 3 is 2.68 bits per heavy atom. The van der Waals surface area contributed by atoms with Crippen molar-refractivity contribution in [2.45, 2.75) is 51.0 Å². The maximum Gasteiger partial charge on any atom is 0.274 e. The number of hydrogen-bond acceptors (Lipinski definition) is 5. The minimum Gasteiger partial charge on any atom is -0.333 e. The lowest BCUT2D eigenvalue weighted by molar-refractivity contribution is -0.132. The van der Waals surface area contributed by atoms with Crippen LogP contribution in [-0.2, 0) is 16.8 Å². The summed E-state index contributed by atoms with van der Waals surface area (Å²) in [6.07, 6.45) is 4.13. The van der Waals surface area contributed by atoms with Crippen LogP contribution in [0.3, 0.4) is 0 Å². The molecule has 0 spiro atoms. The van der Waals surface area contributed by atoms with Crippen molar-refractivity contribution in [3.8, 4) is 0 Å².